The summed E-state index contributed by atoms with van der Waals surface area (Å²) in [7, 11) is 0. The summed E-state index contributed by atoms with van der Waals surface area (Å²) in [6, 6.07) is 2.35. The lowest BCUT2D eigenvalue weighted by atomic mass is 10.1. The molecule has 17 heavy (non-hydrogen) atoms. The molecule has 1 rings (SSSR count). The summed E-state index contributed by atoms with van der Waals surface area (Å²) in [6.07, 6.45) is 0. The topological polar surface area (TPSA) is 144 Å². The molecule has 0 aliphatic heterocycles. The minimum atomic E-state index is -1.50. The lowest BCUT2D eigenvalue weighted by Crippen LogP contribution is -2.03. The van der Waals surface area contributed by atoms with E-state index in [2.05, 4.69) is 0 Å². The quantitative estimate of drug-likeness (QED) is 0.600. The molecule has 0 aliphatic carbocycles. The van der Waals surface area contributed by atoms with Crippen LogP contribution in [0, 0.1) is 20.2 Å². The van der Waals surface area contributed by atoms with Crippen LogP contribution in [-0.4, -0.2) is 26.2 Å². The minimum Gasteiger partial charge on any atom is -0.477 e. The van der Waals surface area contributed by atoms with Crippen LogP contribution in [0.15, 0.2) is 18.2 Å². The molecule has 0 radical (unpaired) electrons. The van der Waals surface area contributed by atoms with Gasteiger partial charge in [-0.05, 0) is 6.07 Å². The number of hydrogen-bond acceptors (Lipinski definition) is 6. The third-order valence-electron chi connectivity index (χ3n) is 1.62. The molecule has 0 aromatic heterocycles. The maximum atomic E-state index is 10.5. The molecule has 0 amide bonds. The first kappa shape index (κ1) is 14.4. The van der Waals surface area contributed by atoms with E-state index in [1.807, 2.05) is 0 Å². The van der Waals surface area contributed by atoms with Crippen LogP contribution in [0.25, 0.3) is 0 Å². The molecule has 0 aliphatic rings. The van der Waals surface area contributed by atoms with E-state index in [1.165, 1.54) is 0 Å². The van der Waals surface area contributed by atoms with Crippen LogP contribution >= 0.6 is 0 Å². The van der Waals surface area contributed by atoms with Gasteiger partial charge < -0.3 is 5.11 Å². The zero-order valence-electron chi connectivity index (χ0n) is 7.94. The predicted octanol–water partition coefficient (Wildman–Crippen LogP) is 1.06. The lowest BCUT2D eigenvalue weighted by Gasteiger charge is -1.97. The Balaban J connectivity index is 0.00000121. The second kappa shape index (κ2) is 6.07. The molecule has 0 unspecified atom stereocenters. The Morgan fingerprint density at radius 2 is 1.71 bits per heavy atom. The normalized spacial score (nSPS) is 8.82. The third-order valence-corrected chi connectivity index (χ3v) is 1.62. The molecular weight excluding hydrogens is 243 g/mol. The molecule has 0 saturated heterocycles. The highest BCUT2D eigenvalue weighted by molar-refractivity contribution is 5.92. The standard InChI is InChI=1S/C7H4N2O6.FHO/c10-7(11)5-2-1-4(8(12)13)3-6(5)9(14)15;1-2/h1-3H,(H,10,11);2H. The monoisotopic (exact) mass is 248 g/mol. The summed E-state index contributed by atoms with van der Waals surface area (Å²) in [6.45, 7) is 0. The predicted molar refractivity (Wildman–Crippen MR) is 50.0 cm³/mol. The van der Waals surface area contributed by atoms with E-state index in [-0.39, 0.29) is 0 Å². The highest BCUT2D eigenvalue weighted by Gasteiger charge is 2.23. The number of nitro groups is 2. The van der Waals surface area contributed by atoms with Crippen molar-refractivity contribution in [3.8, 4) is 0 Å². The Hall–Kier alpha value is -2.62. The Labute approximate surface area is 91.9 Å². The van der Waals surface area contributed by atoms with Gasteiger partial charge in [-0.25, -0.2) is 10.1 Å². The lowest BCUT2D eigenvalue weighted by molar-refractivity contribution is -0.394. The highest BCUT2D eigenvalue weighted by Crippen LogP contribution is 2.24. The molecule has 0 fully saturated rings. The number of hydrogen-bond donors (Lipinski definition) is 2. The van der Waals surface area contributed by atoms with Crippen molar-refractivity contribution in [1.29, 1.82) is 0 Å². The van der Waals surface area contributed by atoms with Gasteiger partial charge in [0.25, 0.3) is 11.4 Å². The molecular formula is C7H5FN2O7. The van der Waals surface area contributed by atoms with E-state index in [0.717, 1.165) is 12.1 Å². The molecule has 0 heterocycles. The molecule has 1 aromatic carbocycles. The number of benzene rings is 1. The van der Waals surface area contributed by atoms with E-state index in [0.29, 0.717) is 6.07 Å². The average molecular weight is 248 g/mol. The van der Waals surface area contributed by atoms with Gasteiger partial charge in [-0.3, -0.25) is 20.2 Å². The molecule has 1 aromatic rings. The number of rotatable bonds is 3. The van der Waals surface area contributed by atoms with Crippen molar-refractivity contribution >= 4 is 17.3 Å². The molecule has 92 valence electrons. The third kappa shape index (κ3) is 3.46. The van der Waals surface area contributed by atoms with Crippen LogP contribution in [-0.2, 0) is 0 Å². The first-order valence-electron chi connectivity index (χ1n) is 3.76. The van der Waals surface area contributed by atoms with Crippen molar-refractivity contribution in [3.05, 3.63) is 44.0 Å². The second-order valence-electron chi connectivity index (χ2n) is 2.52. The Morgan fingerprint density at radius 3 is 2.06 bits per heavy atom. The second-order valence-corrected chi connectivity index (χ2v) is 2.52. The van der Waals surface area contributed by atoms with E-state index in [9.17, 15) is 25.0 Å². The molecule has 0 bridgehead atoms. The Kier molecular flexibility index (Phi) is 5.13. The van der Waals surface area contributed by atoms with Gasteiger partial charge in [0.2, 0.25) is 0 Å². The average Bonchev–Trinajstić information content (AvgIpc) is 2.30. The number of carboxylic acid groups (broad SMARTS) is 1. The molecule has 2 N–H and O–H groups in total. The maximum Gasteiger partial charge on any atom is 0.342 e. The van der Waals surface area contributed by atoms with Gasteiger partial charge in [-0.15, -0.1) is 0 Å². The van der Waals surface area contributed by atoms with E-state index < -0.39 is 32.8 Å². The fourth-order valence-electron chi connectivity index (χ4n) is 0.965. The number of carboxylic acids is 1. The van der Waals surface area contributed by atoms with Gasteiger partial charge in [0.15, 0.2) is 0 Å². The first-order chi connectivity index (χ1) is 7.93. The first-order valence-corrected chi connectivity index (χ1v) is 3.76. The molecule has 0 atom stereocenters. The number of carbonyl (C=O) groups is 1. The highest BCUT2D eigenvalue weighted by atomic mass is 19.3. The summed E-state index contributed by atoms with van der Waals surface area (Å²) in [5.74, 6) is -1.50. The van der Waals surface area contributed by atoms with Crippen LogP contribution in [0.1, 0.15) is 10.4 Å². The summed E-state index contributed by atoms with van der Waals surface area (Å²) in [4.78, 5) is 29.4. The number of nitrogens with zero attached hydrogens (tertiary/aromatic N) is 2. The number of aromatic carboxylic acids is 1. The van der Waals surface area contributed by atoms with Crippen molar-refractivity contribution in [1.82, 2.24) is 0 Å². The van der Waals surface area contributed by atoms with Gasteiger partial charge in [-0.1, -0.05) is 4.53 Å². The van der Waals surface area contributed by atoms with Crippen molar-refractivity contribution in [2.45, 2.75) is 0 Å². The zero-order chi connectivity index (χ0) is 13.6. The fraction of sp³-hybridized carbons (Fsp3) is 0. The number of halogens is 1. The Bertz CT molecular complexity index is 462. The molecule has 10 heteroatoms. The van der Waals surface area contributed by atoms with Crippen LogP contribution in [0.2, 0.25) is 0 Å². The zero-order valence-corrected chi connectivity index (χ0v) is 7.94. The maximum absolute atomic E-state index is 10.5. The number of nitro benzene ring substituents is 2. The summed E-state index contributed by atoms with van der Waals surface area (Å²) in [5.41, 5.74) is -1.89. The molecule has 0 saturated carbocycles. The SMILES string of the molecule is O=C(O)c1ccc([N+](=O)[O-])cc1[N+](=O)[O-].OF. The van der Waals surface area contributed by atoms with E-state index in [1.54, 1.807) is 0 Å². The smallest absolute Gasteiger partial charge is 0.342 e. The largest absolute Gasteiger partial charge is 0.477 e. The van der Waals surface area contributed by atoms with E-state index in [4.69, 9.17) is 14.9 Å². The number of non-ortho nitro benzene ring substituents is 1. The van der Waals surface area contributed by atoms with Gasteiger partial charge in [0, 0.05) is 6.07 Å². The minimum absolute atomic E-state index is 0.522. The van der Waals surface area contributed by atoms with Crippen LogP contribution in [0.4, 0.5) is 15.9 Å². The Morgan fingerprint density at radius 1 is 1.18 bits per heavy atom. The van der Waals surface area contributed by atoms with Crippen molar-refractivity contribution < 1.29 is 29.6 Å². The van der Waals surface area contributed by atoms with Crippen molar-refractivity contribution in [2.75, 3.05) is 0 Å². The summed E-state index contributed by atoms with van der Waals surface area (Å²) in [5, 5.41) is 34.8. The van der Waals surface area contributed by atoms with Gasteiger partial charge >= 0.3 is 5.97 Å². The van der Waals surface area contributed by atoms with Crippen molar-refractivity contribution in [3.63, 3.8) is 0 Å². The summed E-state index contributed by atoms with van der Waals surface area (Å²) >= 11 is 0. The van der Waals surface area contributed by atoms with E-state index >= 15 is 0 Å². The van der Waals surface area contributed by atoms with Gasteiger partial charge in [-0.2, -0.15) is 0 Å². The van der Waals surface area contributed by atoms with Gasteiger partial charge in [0.1, 0.15) is 5.56 Å². The summed E-state index contributed by atoms with van der Waals surface area (Å²) < 4.78 is 8.50. The molecule has 9 nitrogen and oxygen atoms in total. The fourth-order valence-corrected chi connectivity index (χ4v) is 0.965. The van der Waals surface area contributed by atoms with Crippen LogP contribution < -0.4 is 0 Å². The van der Waals surface area contributed by atoms with Crippen LogP contribution in [0.5, 0.6) is 0 Å². The molecule has 0 spiro atoms. The van der Waals surface area contributed by atoms with Crippen molar-refractivity contribution in [2.24, 2.45) is 0 Å². The van der Waals surface area contributed by atoms with Crippen LogP contribution in [0.3, 0.4) is 0 Å². The van der Waals surface area contributed by atoms with Gasteiger partial charge in [0.05, 0.1) is 15.9 Å².